The lowest BCUT2D eigenvalue weighted by Crippen LogP contribution is -2.47. The van der Waals surface area contributed by atoms with Gasteiger partial charge >= 0.3 is 0 Å². The molecule has 0 N–H and O–H groups in total. The quantitative estimate of drug-likeness (QED) is 0.644. The molecule has 2 saturated heterocycles. The smallest absolute Gasteiger partial charge is 0.209 e. The highest BCUT2D eigenvalue weighted by Gasteiger charge is 2.30. The highest BCUT2D eigenvalue weighted by molar-refractivity contribution is 5.47. The van der Waals surface area contributed by atoms with Crippen molar-refractivity contribution in [3.8, 4) is 0 Å². The molecule has 0 saturated carbocycles. The van der Waals surface area contributed by atoms with Crippen molar-refractivity contribution in [1.82, 2.24) is 14.7 Å². The highest BCUT2D eigenvalue weighted by atomic mass is 16.1. The van der Waals surface area contributed by atoms with Crippen molar-refractivity contribution in [3.05, 3.63) is 0 Å². The van der Waals surface area contributed by atoms with E-state index in [0.717, 1.165) is 32.0 Å². The summed E-state index contributed by atoms with van der Waals surface area (Å²) in [6, 6.07) is 1.37. The molecule has 2 fully saturated rings. The number of carbonyl (C=O) groups excluding carboxylic acids is 1. The zero-order chi connectivity index (χ0) is 11.5. The lowest BCUT2D eigenvalue weighted by atomic mass is 10.0. The summed E-state index contributed by atoms with van der Waals surface area (Å²) in [5.41, 5.74) is 0. The molecule has 2 rings (SSSR count). The third kappa shape index (κ3) is 2.55. The van der Waals surface area contributed by atoms with Crippen LogP contribution < -0.4 is 0 Å². The van der Waals surface area contributed by atoms with Crippen LogP contribution in [-0.2, 0) is 4.79 Å². The third-order valence-electron chi connectivity index (χ3n) is 4.09. The van der Waals surface area contributed by atoms with Gasteiger partial charge in [-0.3, -0.25) is 9.69 Å². The van der Waals surface area contributed by atoms with Gasteiger partial charge in [-0.15, -0.1) is 0 Å². The summed E-state index contributed by atoms with van der Waals surface area (Å²) in [5.74, 6) is 0. The van der Waals surface area contributed by atoms with Crippen molar-refractivity contribution < 1.29 is 4.79 Å². The first kappa shape index (κ1) is 11.9. The largest absolute Gasteiger partial charge is 0.344 e. The maximum absolute atomic E-state index is 10.7. The summed E-state index contributed by atoms with van der Waals surface area (Å²) in [4.78, 5) is 17.5. The molecule has 4 nitrogen and oxygen atoms in total. The second kappa shape index (κ2) is 5.15. The number of hydrogen-bond donors (Lipinski definition) is 0. The molecule has 16 heavy (non-hydrogen) atoms. The summed E-state index contributed by atoms with van der Waals surface area (Å²) in [6.45, 7) is 4.28. The first-order valence-electron chi connectivity index (χ1n) is 6.30. The van der Waals surface area contributed by atoms with Gasteiger partial charge in [-0.1, -0.05) is 0 Å². The molecule has 1 amide bonds. The minimum Gasteiger partial charge on any atom is -0.344 e. The van der Waals surface area contributed by atoms with E-state index in [0.29, 0.717) is 6.04 Å². The van der Waals surface area contributed by atoms with E-state index in [4.69, 9.17) is 0 Å². The van der Waals surface area contributed by atoms with Crippen molar-refractivity contribution in [2.24, 2.45) is 0 Å². The second-order valence-corrected chi connectivity index (χ2v) is 5.27. The number of carbonyl (C=O) groups is 1. The van der Waals surface area contributed by atoms with E-state index in [1.54, 1.807) is 0 Å². The predicted molar refractivity (Wildman–Crippen MR) is 64.3 cm³/mol. The molecule has 1 unspecified atom stereocenters. The van der Waals surface area contributed by atoms with E-state index < -0.39 is 0 Å². The van der Waals surface area contributed by atoms with Crippen LogP contribution in [0.2, 0.25) is 0 Å². The summed E-state index contributed by atoms with van der Waals surface area (Å²) in [7, 11) is 4.34. The zero-order valence-corrected chi connectivity index (χ0v) is 10.4. The number of piperidine rings is 1. The first-order valence-corrected chi connectivity index (χ1v) is 6.30. The first-order chi connectivity index (χ1) is 7.70. The van der Waals surface area contributed by atoms with Gasteiger partial charge in [-0.05, 0) is 46.4 Å². The molecule has 4 heteroatoms. The van der Waals surface area contributed by atoms with E-state index in [1.807, 2.05) is 4.90 Å². The Kier molecular flexibility index (Phi) is 3.82. The minimum atomic E-state index is 0.619. The lowest BCUT2D eigenvalue weighted by molar-refractivity contribution is -0.117. The third-order valence-corrected chi connectivity index (χ3v) is 4.09. The normalized spacial score (nSPS) is 28.9. The fourth-order valence-electron chi connectivity index (χ4n) is 2.93. The molecule has 0 bridgehead atoms. The Hall–Kier alpha value is -0.610. The van der Waals surface area contributed by atoms with E-state index in [2.05, 4.69) is 23.9 Å². The summed E-state index contributed by atoms with van der Waals surface area (Å²) in [5, 5.41) is 0. The standard InChI is InChI=1S/C12H23N3O/c1-13(2)11-4-7-15(8-5-11)12-3-6-14(9-12)10-16/h10-12H,3-9H2,1-2H3. The molecule has 0 aromatic carbocycles. The fraction of sp³-hybridized carbons (Fsp3) is 0.917. The lowest BCUT2D eigenvalue weighted by Gasteiger charge is -2.38. The van der Waals surface area contributed by atoms with Crippen LogP contribution in [0.25, 0.3) is 0 Å². The van der Waals surface area contributed by atoms with Crippen molar-refractivity contribution in [1.29, 1.82) is 0 Å². The monoisotopic (exact) mass is 225 g/mol. The Labute approximate surface area is 98.2 Å². The Morgan fingerprint density at radius 1 is 1.12 bits per heavy atom. The van der Waals surface area contributed by atoms with E-state index in [1.165, 1.54) is 25.9 Å². The molecule has 2 aliphatic heterocycles. The number of rotatable bonds is 3. The van der Waals surface area contributed by atoms with Gasteiger partial charge in [-0.25, -0.2) is 0 Å². The maximum atomic E-state index is 10.7. The molecule has 0 aromatic heterocycles. The molecule has 2 heterocycles. The highest BCUT2D eigenvalue weighted by Crippen LogP contribution is 2.21. The number of nitrogens with zero attached hydrogens (tertiary/aromatic N) is 3. The molecule has 0 radical (unpaired) electrons. The Morgan fingerprint density at radius 2 is 1.81 bits per heavy atom. The van der Waals surface area contributed by atoms with Crippen LogP contribution in [0.4, 0.5) is 0 Å². The zero-order valence-electron chi connectivity index (χ0n) is 10.4. The van der Waals surface area contributed by atoms with Gasteiger partial charge in [0.05, 0.1) is 0 Å². The molecule has 0 aliphatic carbocycles. The van der Waals surface area contributed by atoms with Crippen LogP contribution >= 0.6 is 0 Å². The van der Waals surface area contributed by atoms with Crippen molar-refractivity contribution >= 4 is 6.41 Å². The maximum Gasteiger partial charge on any atom is 0.209 e. The predicted octanol–water partition coefficient (Wildman–Crippen LogP) is 0.243. The SMILES string of the molecule is CN(C)C1CCN(C2CCN(C=O)C2)CC1. The number of likely N-dealkylation sites (tertiary alicyclic amines) is 2. The topological polar surface area (TPSA) is 26.8 Å². The van der Waals surface area contributed by atoms with Crippen LogP contribution in [0.1, 0.15) is 19.3 Å². The van der Waals surface area contributed by atoms with E-state index >= 15 is 0 Å². The molecule has 2 aliphatic rings. The van der Waals surface area contributed by atoms with Gasteiger partial charge in [0.1, 0.15) is 0 Å². The fourth-order valence-corrected chi connectivity index (χ4v) is 2.93. The average molecular weight is 225 g/mol. The van der Waals surface area contributed by atoms with Crippen LogP contribution in [0, 0.1) is 0 Å². The van der Waals surface area contributed by atoms with Gasteiger partial charge in [-0.2, -0.15) is 0 Å². The van der Waals surface area contributed by atoms with Gasteiger partial charge in [0, 0.05) is 25.2 Å². The average Bonchev–Trinajstić information content (AvgIpc) is 2.77. The summed E-state index contributed by atoms with van der Waals surface area (Å²) < 4.78 is 0. The van der Waals surface area contributed by atoms with Crippen LogP contribution in [0.15, 0.2) is 0 Å². The van der Waals surface area contributed by atoms with E-state index in [-0.39, 0.29) is 0 Å². The van der Waals surface area contributed by atoms with Gasteiger partial charge in [0.25, 0.3) is 0 Å². The minimum absolute atomic E-state index is 0.619. The summed E-state index contributed by atoms with van der Waals surface area (Å²) in [6.07, 6.45) is 4.69. The molecule has 0 spiro atoms. The number of hydrogen-bond acceptors (Lipinski definition) is 3. The van der Waals surface area contributed by atoms with Crippen molar-refractivity contribution in [2.75, 3.05) is 40.3 Å². The Morgan fingerprint density at radius 3 is 2.31 bits per heavy atom. The van der Waals surface area contributed by atoms with Gasteiger partial charge in [0.15, 0.2) is 0 Å². The van der Waals surface area contributed by atoms with Gasteiger partial charge < -0.3 is 9.80 Å². The summed E-state index contributed by atoms with van der Waals surface area (Å²) >= 11 is 0. The van der Waals surface area contributed by atoms with Gasteiger partial charge in [0.2, 0.25) is 6.41 Å². The van der Waals surface area contributed by atoms with Crippen molar-refractivity contribution in [2.45, 2.75) is 31.3 Å². The van der Waals surface area contributed by atoms with Crippen LogP contribution in [0.3, 0.4) is 0 Å². The Bertz CT molecular complexity index is 236. The molecular formula is C12H23N3O. The van der Waals surface area contributed by atoms with Crippen LogP contribution in [-0.4, -0.2) is 73.5 Å². The van der Waals surface area contributed by atoms with Crippen molar-refractivity contribution in [3.63, 3.8) is 0 Å². The second-order valence-electron chi connectivity index (χ2n) is 5.27. The molecule has 0 aromatic rings. The molecule has 92 valence electrons. The number of amides is 1. The van der Waals surface area contributed by atoms with Crippen LogP contribution in [0.5, 0.6) is 0 Å². The van der Waals surface area contributed by atoms with E-state index in [9.17, 15) is 4.79 Å². The molecule has 1 atom stereocenters. The Balaban J connectivity index is 1.79. The molecular weight excluding hydrogens is 202 g/mol.